The lowest BCUT2D eigenvalue weighted by atomic mass is 9.97. The monoisotopic (exact) mass is 916 g/mol. The minimum Gasteiger partial charge on any atom is -0.309 e. The van der Waals surface area contributed by atoms with Gasteiger partial charge in [0.2, 0.25) is 0 Å². The van der Waals surface area contributed by atoms with Gasteiger partial charge in [-0.15, -0.1) is 23.2 Å². The maximum absolute atomic E-state index is 15.2. The Labute approximate surface area is 364 Å². The number of halogens is 3. The van der Waals surface area contributed by atoms with Crippen LogP contribution in [0.4, 0.5) is 0 Å². The number of hydrogen-bond acceptors (Lipinski definition) is 4. The Morgan fingerprint density at radius 3 is 1.27 bits per heavy atom. The second-order valence-corrected chi connectivity index (χ2v) is 17.9. The van der Waals surface area contributed by atoms with E-state index in [9.17, 15) is 4.57 Å². The molecule has 0 saturated heterocycles. The molecule has 0 fully saturated rings. The average molecular weight is 919 g/mol. The Morgan fingerprint density at radius 2 is 0.814 bits per heavy atom. The van der Waals surface area contributed by atoms with Gasteiger partial charge in [0.15, 0.2) is 7.14 Å². The number of fused-ring (bicyclic) bond motifs is 10. The van der Waals surface area contributed by atoms with Crippen LogP contribution < -0.4 is 15.9 Å². The standard InChI is InChI=1S/C30H21OP.C18H11Br.CH2Cl2.CH3OP.H2O2/c31-32(23-12-3-1-4-13-23,24-14-5-2-6-15-24)30-21-29-25-16-8-7-11-22(25)19-20-27(29)26-17-9-10-18-28(26)30;19-18-11-17-13-6-2-1-5-12(13)9-10-15(17)14-7-3-4-8-16(14)18;2-1-3;1-3-2;1-2/h1-21H;1-11H;1H2;1H3;1-2H/p+1/i/hD. The molecule has 1 unspecified atom stereocenters. The Bertz CT molecular complexity index is 3070. The van der Waals surface area contributed by atoms with Crippen LogP contribution in [0.15, 0.2) is 199 Å². The zero-order valence-electron chi connectivity index (χ0n) is 32.9. The zero-order valence-corrected chi connectivity index (χ0v) is 36.8. The molecule has 0 bridgehead atoms. The maximum Gasteiger partial charge on any atom is 0.387 e. The summed E-state index contributed by atoms with van der Waals surface area (Å²) in [6, 6.07) is 66.9. The van der Waals surface area contributed by atoms with Crippen molar-refractivity contribution >= 4 is 135 Å². The first-order chi connectivity index (χ1) is 29.3. The summed E-state index contributed by atoms with van der Waals surface area (Å²) in [5, 5.41) is 29.5. The van der Waals surface area contributed by atoms with Crippen LogP contribution >= 0.6 is 54.7 Å². The second kappa shape index (κ2) is 20.9. The van der Waals surface area contributed by atoms with E-state index in [1.54, 1.807) is 0 Å². The van der Waals surface area contributed by atoms with E-state index in [1.807, 2.05) is 66.7 Å². The van der Waals surface area contributed by atoms with Gasteiger partial charge in [-0.05, 0) is 76.8 Å². The van der Waals surface area contributed by atoms with Crippen molar-refractivity contribution in [2.24, 2.45) is 0 Å². The van der Waals surface area contributed by atoms with E-state index in [0.29, 0.717) is 0 Å². The first kappa shape index (κ1) is 42.2. The molecule has 2 N–H and O–H groups in total. The van der Waals surface area contributed by atoms with E-state index in [4.69, 9.17) is 35.0 Å². The molecule has 0 amide bonds. The van der Waals surface area contributed by atoms with E-state index >= 15 is 4.57 Å². The van der Waals surface area contributed by atoms with E-state index < -0.39 is 15.5 Å². The van der Waals surface area contributed by atoms with E-state index in [-0.39, 0.29) is 5.34 Å². The highest BCUT2D eigenvalue weighted by atomic mass is 79.9. The normalized spacial score (nSPS) is 11.3. The minimum atomic E-state index is -3.10. The first-order valence-electron chi connectivity index (χ1n) is 19.0. The van der Waals surface area contributed by atoms with E-state index in [0.717, 1.165) is 36.5 Å². The molecular weight excluding hydrogens is 877 g/mol. The quantitative estimate of drug-likeness (QED) is 0.0609. The smallest absolute Gasteiger partial charge is 0.309 e. The molecule has 10 aromatic carbocycles. The Hall–Kier alpha value is -4.93. The van der Waals surface area contributed by atoms with Crippen LogP contribution in [-0.4, -0.2) is 23.8 Å². The predicted molar refractivity (Wildman–Crippen MR) is 262 cm³/mol. The summed E-state index contributed by atoms with van der Waals surface area (Å²) in [6.07, 6.45) is 0. The molecule has 0 saturated carbocycles. The van der Waals surface area contributed by atoms with Crippen molar-refractivity contribution in [3.05, 3.63) is 199 Å². The fraction of sp³-hybridized carbons (Fsp3) is 0.0400. The van der Waals surface area contributed by atoms with Crippen LogP contribution in [0.1, 0.15) is 0 Å². The molecule has 0 aliphatic carbocycles. The third-order valence-corrected chi connectivity index (χ3v) is 13.8. The van der Waals surface area contributed by atoms with Crippen LogP contribution in [0, 0.1) is 0 Å². The lowest BCUT2D eigenvalue weighted by molar-refractivity contribution is -0.176. The molecule has 294 valence electrons. The Morgan fingerprint density at radius 1 is 0.492 bits per heavy atom. The minimum absolute atomic E-state index is 0.194. The highest BCUT2D eigenvalue weighted by Gasteiger charge is 2.32. The molecule has 0 radical (unpaired) electrons. The van der Waals surface area contributed by atoms with Gasteiger partial charge in [0.1, 0.15) is 6.66 Å². The summed E-state index contributed by atoms with van der Waals surface area (Å²) in [7, 11) is -4.72. The van der Waals surface area contributed by atoms with Crippen LogP contribution in [0.25, 0.3) is 64.6 Å². The van der Waals surface area contributed by atoms with Gasteiger partial charge in [-0.2, -0.15) is 0 Å². The number of rotatable bonds is 3. The van der Waals surface area contributed by atoms with Gasteiger partial charge in [-0.1, -0.05) is 202 Å². The predicted octanol–water partition coefficient (Wildman–Crippen LogP) is 14.8. The van der Waals surface area contributed by atoms with Crippen LogP contribution in [-0.2, 0) is 9.13 Å². The van der Waals surface area contributed by atoms with Gasteiger partial charge in [0, 0.05) is 20.4 Å². The SMILES string of the molecule is Brc1cc2c3ccccc3ccc2c2ccccc12.ClCCl.O=P(c1ccccc1)(c1ccccc1)c1cc2c3ccccc3ccc2c2ccccc12.OO.[2H][P+](C)=O. The van der Waals surface area contributed by atoms with Crippen molar-refractivity contribution in [3.8, 4) is 0 Å². The Kier molecular flexibility index (Phi) is 14.9. The number of hydrogen-bond donors (Lipinski definition) is 2. The lowest BCUT2D eigenvalue weighted by Crippen LogP contribution is -2.25. The molecule has 1 atom stereocenters. The van der Waals surface area contributed by atoms with Crippen molar-refractivity contribution in [1.82, 2.24) is 0 Å². The molecule has 10 rings (SSSR count). The molecule has 4 nitrogen and oxygen atoms in total. The summed E-state index contributed by atoms with van der Waals surface area (Å²) in [5.41, 5.74) is 0. The van der Waals surface area contributed by atoms with Gasteiger partial charge in [0.05, 0.1) is 5.34 Å². The van der Waals surface area contributed by atoms with Gasteiger partial charge < -0.3 is 4.57 Å². The van der Waals surface area contributed by atoms with Crippen molar-refractivity contribution in [2.45, 2.75) is 0 Å². The zero-order chi connectivity index (χ0) is 42.6. The summed E-state index contributed by atoms with van der Waals surface area (Å²) < 4.78 is 31.7. The highest BCUT2D eigenvalue weighted by molar-refractivity contribution is 9.10. The highest BCUT2D eigenvalue weighted by Crippen LogP contribution is 2.46. The van der Waals surface area contributed by atoms with Crippen molar-refractivity contribution in [1.29, 1.82) is 1.28 Å². The molecule has 0 aliphatic rings. The van der Waals surface area contributed by atoms with E-state index in [2.05, 4.69) is 143 Å². The molecule has 0 aliphatic heterocycles. The van der Waals surface area contributed by atoms with Gasteiger partial charge >= 0.3 is 9.68 Å². The van der Waals surface area contributed by atoms with Crippen LogP contribution in [0.5, 0.6) is 0 Å². The van der Waals surface area contributed by atoms with Crippen LogP contribution in [0.3, 0.4) is 0 Å². The summed E-state index contributed by atoms with van der Waals surface area (Å²) in [5.74, 6) is 0. The van der Waals surface area contributed by atoms with Gasteiger partial charge in [-0.25, -0.2) is 0 Å². The van der Waals surface area contributed by atoms with Gasteiger partial charge in [0.25, 0.3) is 0 Å². The topological polar surface area (TPSA) is 74.6 Å². The average Bonchev–Trinajstić information content (AvgIpc) is 3.30. The lowest BCUT2D eigenvalue weighted by Gasteiger charge is -2.23. The Balaban J connectivity index is 0.000000182. The third kappa shape index (κ3) is 9.14. The molecule has 9 heteroatoms. The molecule has 0 aromatic heterocycles. The maximum atomic E-state index is 15.2. The number of benzene rings is 10. The largest absolute Gasteiger partial charge is 0.387 e. The second-order valence-electron chi connectivity index (χ2n) is 13.2. The first-order valence-corrected chi connectivity index (χ1v) is 23.3. The molecule has 0 heterocycles. The van der Waals surface area contributed by atoms with Gasteiger partial charge in [-0.3, -0.25) is 10.5 Å². The molecule has 59 heavy (non-hydrogen) atoms. The van der Waals surface area contributed by atoms with Crippen molar-refractivity contribution in [3.63, 3.8) is 0 Å². The third-order valence-electron chi connectivity index (χ3n) is 10.0. The number of alkyl halides is 2. The van der Waals surface area contributed by atoms with Crippen molar-refractivity contribution in [2.75, 3.05) is 12.0 Å². The molecule has 10 aromatic rings. The van der Waals surface area contributed by atoms with Crippen molar-refractivity contribution < 1.29 is 19.6 Å². The fourth-order valence-corrected chi connectivity index (χ4v) is 11.1. The summed E-state index contributed by atoms with van der Waals surface area (Å²) in [6.45, 7) is 1.34. The fourth-order valence-electron chi connectivity index (χ4n) is 7.62. The summed E-state index contributed by atoms with van der Waals surface area (Å²) >= 11 is 13.2. The van der Waals surface area contributed by atoms with Crippen LogP contribution in [0.2, 0.25) is 0 Å². The summed E-state index contributed by atoms with van der Waals surface area (Å²) in [4.78, 5) is 0. The molecular formula is C50H40BrCl2O4P2+. The molecule has 0 spiro atoms. The van der Waals surface area contributed by atoms with E-state index in [1.165, 1.54) is 55.1 Å².